The molecular formula is C27H32N2O4. The van der Waals surface area contributed by atoms with E-state index >= 15 is 0 Å². The summed E-state index contributed by atoms with van der Waals surface area (Å²) in [5.41, 5.74) is 2.51. The normalized spacial score (nSPS) is 18.3. The minimum atomic E-state index is -0.480. The third kappa shape index (κ3) is 5.82. The summed E-state index contributed by atoms with van der Waals surface area (Å²) in [4.78, 5) is 17.2. The Balaban J connectivity index is 1.33. The van der Waals surface area contributed by atoms with Gasteiger partial charge in [0, 0.05) is 31.0 Å². The molecule has 4 rings (SSSR count). The molecule has 1 aliphatic rings. The van der Waals surface area contributed by atoms with Gasteiger partial charge in [-0.05, 0) is 57.5 Å². The van der Waals surface area contributed by atoms with Gasteiger partial charge in [-0.3, -0.25) is 4.79 Å². The second kappa shape index (κ2) is 9.79. The van der Waals surface area contributed by atoms with Gasteiger partial charge in [-0.25, -0.2) is 4.98 Å². The van der Waals surface area contributed by atoms with Gasteiger partial charge in [-0.1, -0.05) is 30.3 Å². The van der Waals surface area contributed by atoms with Crippen LogP contribution in [-0.4, -0.2) is 36.3 Å². The van der Waals surface area contributed by atoms with Gasteiger partial charge in [-0.15, -0.1) is 0 Å². The fourth-order valence-electron chi connectivity index (χ4n) is 4.10. The number of hydrogen-bond donors (Lipinski definition) is 1. The third-order valence-electron chi connectivity index (χ3n) is 5.75. The maximum absolute atomic E-state index is 12.6. The maximum Gasteiger partial charge on any atom is 0.311 e. The molecule has 1 aromatic heterocycles. The minimum Gasteiger partial charge on any atom is -0.493 e. The zero-order valence-electron chi connectivity index (χ0n) is 19.8. The lowest BCUT2D eigenvalue weighted by Gasteiger charge is -2.24. The Morgan fingerprint density at radius 3 is 2.52 bits per heavy atom. The van der Waals surface area contributed by atoms with Crippen molar-refractivity contribution in [3.63, 3.8) is 0 Å². The standard InChI is InChI=1S/C27H32N2O4/c1-18-24(29-25(32-18)20-8-6-5-7-9-20)14-15-31-21-12-10-19(11-13-21)22-16-28-17-23(22)26(30)33-27(2,3)4/h5-13,22-23,28H,14-17H2,1-4H3/t22-,23+/m1/s1. The molecule has 1 N–H and O–H groups in total. The molecule has 0 aliphatic carbocycles. The van der Waals surface area contributed by atoms with Crippen LogP contribution in [0.15, 0.2) is 59.0 Å². The molecule has 0 amide bonds. The van der Waals surface area contributed by atoms with Gasteiger partial charge in [-0.2, -0.15) is 0 Å². The molecule has 2 aromatic carbocycles. The molecule has 0 bridgehead atoms. The highest BCUT2D eigenvalue weighted by molar-refractivity contribution is 5.75. The molecule has 0 saturated carbocycles. The summed E-state index contributed by atoms with van der Waals surface area (Å²) in [6.45, 7) is 9.54. The molecule has 1 fully saturated rings. The first kappa shape index (κ1) is 23.1. The predicted octanol–water partition coefficient (Wildman–Crippen LogP) is 4.92. The van der Waals surface area contributed by atoms with Crippen LogP contribution in [0.25, 0.3) is 11.5 Å². The monoisotopic (exact) mass is 448 g/mol. The molecule has 33 heavy (non-hydrogen) atoms. The van der Waals surface area contributed by atoms with E-state index in [2.05, 4.69) is 10.3 Å². The number of esters is 1. The zero-order valence-corrected chi connectivity index (χ0v) is 19.8. The summed E-state index contributed by atoms with van der Waals surface area (Å²) in [6, 6.07) is 17.9. The molecule has 3 aromatic rings. The van der Waals surface area contributed by atoms with Gasteiger partial charge in [0.25, 0.3) is 0 Å². The van der Waals surface area contributed by atoms with Crippen LogP contribution in [0.5, 0.6) is 5.75 Å². The van der Waals surface area contributed by atoms with Crippen molar-refractivity contribution in [3.05, 3.63) is 71.6 Å². The molecule has 174 valence electrons. The molecule has 6 heteroatoms. The summed E-state index contributed by atoms with van der Waals surface area (Å²) in [5, 5.41) is 3.33. The fraction of sp³-hybridized carbons (Fsp3) is 0.407. The first-order chi connectivity index (χ1) is 15.8. The van der Waals surface area contributed by atoms with Crippen LogP contribution in [0.4, 0.5) is 0 Å². The van der Waals surface area contributed by atoms with Crippen molar-refractivity contribution >= 4 is 5.97 Å². The van der Waals surface area contributed by atoms with E-state index in [1.165, 1.54) is 0 Å². The van der Waals surface area contributed by atoms with Crippen molar-refractivity contribution < 1.29 is 18.7 Å². The number of nitrogens with zero attached hydrogens (tertiary/aromatic N) is 1. The Bertz CT molecular complexity index is 1070. The number of nitrogens with one attached hydrogen (secondary N) is 1. The molecule has 1 aliphatic heterocycles. The molecule has 0 unspecified atom stereocenters. The quantitative estimate of drug-likeness (QED) is 0.518. The Morgan fingerprint density at radius 2 is 1.82 bits per heavy atom. The summed E-state index contributed by atoms with van der Waals surface area (Å²) >= 11 is 0. The summed E-state index contributed by atoms with van der Waals surface area (Å²) in [6.07, 6.45) is 0.664. The van der Waals surface area contributed by atoms with E-state index in [9.17, 15) is 4.79 Å². The molecule has 2 heterocycles. The fourth-order valence-corrected chi connectivity index (χ4v) is 4.10. The van der Waals surface area contributed by atoms with E-state index in [0.717, 1.165) is 34.9 Å². The van der Waals surface area contributed by atoms with Crippen molar-refractivity contribution in [2.24, 2.45) is 5.92 Å². The number of ether oxygens (including phenoxy) is 2. The number of benzene rings is 2. The van der Waals surface area contributed by atoms with Crippen molar-refractivity contribution in [1.82, 2.24) is 10.3 Å². The largest absolute Gasteiger partial charge is 0.493 e. The number of aryl methyl sites for hydroxylation is 1. The smallest absolute Gasteiger partial charge is 0.311 e. The molecule has 1 saturated heterocycles. The van der Waals surface area contributed by atoms with Crippen LogP contribution < -0.4 is 10.1 Å². The lowest BCUT2D eigenvalue weighted by molar-refractivity contribution is -0.159. The van der Waals surface area contributed by atoms with Gasteiger partial charge >= 0.3 is 5.97 Å². The van der Waals surface area contributed by atoms with E-state index in [0.29, 0.717) is 25.5 Å². The van der Waals surface area contributed by atoms with Gasteiger partial charge < -0.3 is 19.2 Å². The maximum atomic E-state index is 12.6. The van der Waals surface area contributed by atoms with Gasteiger partial charge in [0.2, 0.25) is 5.89 Å². The summed E-state index contributed by atoms with van der Waals surface area (Å²) < 4.78 is 17.4. The van der Waals surface area contributed by atoms with E-state index in [4.69, 9.17) is 13.9 Å². The van der Waals surface area contributed by atoms with Crippen molar-refractivity contribution in [2.75, 3.05) is 19.7 Å². The Morgan fingerprint density at radius 1 is 1.09 bits per heavy atom. The number of aromatic nitrogens is 1. The van der Waals surface area contributed by atoms with Crippen LogP contribution in [0.3, 0.4) is 0 Å². The van der Waals surface area contributed by atoms with E-state index in [1.807, 2.05) is 82.3 Å². The molecule has 0 spiro atoms. The van der Waals surface area contributed by atoms with Crippen LogP contribution in [0.1, 0.15) is 43.7 Å². The average Bonchev–Trinajstić information content (AvgIpc) is 3.41. The van der Waals surface area contributed by atoms with Crippen LogP contribution >= 0.6 is 0 Å². The van der Waals surface area contributed by atoms with Gasteiger partial charge in [0.15, 0.2) is 0 Å². The first-order valence-electron chi connectivity index (χ1n) is 11.5. The lowest BCUT2D eigenvalue weighted by Crippen LogP contribution is -2.31. The van der Waals surface area contributed by atoms with E-state index in [-0.39, 0.29) is 17.8 Å². The van der Waals surface area contributed by atoms with E-state index < -0.39 is 5.60 Å². The van der Waals surface area contributed by atoms with Gasteiger partial charge in [0.1, 0.15) is 17.1 Å². The first-order valence-corrected chi connectivity index (χ1v) is 11.5. The molecule has 2 atom stereocenters. The van der Waals surface area contributed by atoms with Gasteiger partial charge in [0.05, 0.1) is 18.2 Å². The molecule has 6 nitrogen and oxygen atoms in total. The highest BCUT2D eigenvalue weighted by Crippen LogP contribution is 2.31. The molecular weight excluding hydrogens is 416 g/mol. The number of oxazole rings is 1. The van der Waals surface area contributed by atoms with Crippen molar-refractivity contribution in [1.29, 1.82) is 0 Å². The van der Waals surface area contributed by atoms with E-state index in [1.54, 1.807) is 0 Å². The number of carbonyl (C=O) groups excluding carboxylic acids is 1. The minimum absolute atomic E-state index is 0.100. The number of hydrogen-bond acceptors (Lipinski definition) is 6. The second-order valence-electron chi connectivity index (χ2n) is 9.46. The van der Waals surface area contributed by atoms with Crippen LogP contribution in [-0.2, 0) is 16.0 Å². The lowest BCUT2D eigenvalue weighted by atomic mass is 9.89. The second-order valence-corrected chi connectivity index (χ2v) is 9.46. The Hall–Kier alpha value is -3.12. The topological polar surface area (TPSA) is 73.6 Å². The number of carbonyl (C=O) groups is 1. The summed E-state index contributed by atoms with van der Waals surface area (Å²) in [7, 11) is 0. The highest BCUT2D eigenvalue weighted by atomic mass is 16.6. The Labute approximate surface area is 195 Å². The highest BCUT2D eigenvalue weighted by Gasteiger charge is 2.36. The SMILES string of the molecule is Cc1oc(-c2ccccc2)nc1CCOc1ccc([C@H]2CNC[C@@H]2C(=O)OC(C)(C)C)cc1. The summed E-state index contributed by atoms with van der Waals surface area (Å²) in [5.74, 6) is 2.03. The van der Waals surface area contributed by atoms with Crippen LogP contribution in [0.2, 0.25) is 0 Å². The van der Waals surface area contributed by atoms with Crippen LogP contribution in [0, 0.1) is 12.8 Å². The average molecular weight is 449 g/mol. The van der Waals surface area contributed by atoms with Crippen molar-refractivity contribution in [2.45, 2.75) is 45.6 Å². The zero-order chi connectivity index (χ0) is 23.4. The Kier molecular flexibility index (Phi) is 6.84. The third-order valence-corrected chi connectivity index (χ3v) is 5.75. The predicted molar refractivity (Wildman–Crippen MR) is 127 cm³/mol. The number of rotatable bonds is 7. The molecule has 0 radical (unpaired) electrons. The van der Waals surface area contributed by atoms with Crippen molar-refractivity contribution in [3.8, 4) is 17.2 Å².